The van der Waals surface area contributed by atoms with Crippen LogP contribution in [-0.4, -0.2) is 89.3 Å². The highest BCUT2D eigenvalue weighted by Crippen LogP contribution is 2.29. The van der Waals surface area contributed by atoms with Gasteiger partial charge in [-0.3, -0.25) is 24.7 Å². The Morgan fingerprint density at radius 2 is 2.16 bits per heavy atom. The van der Waals surface area contributed by atoms with Crippen LogP contribution in [0.15, 0.2) is 18.3 Å². The molecule has 4 heterocycles. The molecule has 4 rings (SSSR count). The number of amides is 3. The van der Waals surface area contributed by atoms with Crippen LogP contribution in [0.1, 0.15) is 40.5 Å². The topological polar surface area (TPSA) is 132 Å². The summed E-state index contributed by atoms with van der Waals surface area (Å²) in [6, 6.07) is 5.04. The average molecular weight is 538 g/mol. The van der Waals surface area contributed by atoms with Crippen molar-refractivity contribution in [2.75, 3.05) is 55.5 Å². The second-order valence-corrected chi connectivity index (χ2v) is 10.3. The van der Waals surface area contributed by atoms with E-state index in [4.69, 9.17) is 4.74 Å². The molecule has 2 aromatic rings. The molecule has 1 saturated heterocycles. The Hall–Kier alpha value is -3.69. The fraction of sp³-hybridized carbons (Fsp3) is 0.462. The van der Waals surface area contributed by atoms with Crippen molar-refractivity contribution in [2.24, 2.45) is 0 Å². The van der Waals surface area contributed by atoms with Crippen LogP contribution < -0.4 is 15.0 Å². The van der Waals surface area contributed by atoms with E-state index in [1.807, 2.05) is 31.2 Å². The molecule has 1 N–H and O–H groups in total. The molecule has 11 nitrogen and oxygen atoms in total. The highest BCUT2D eigenvalue weighted by molar-refractivity contribution is 7.98. The number of nitrogens with zero attached hydrogens (tertiary/aromatic N) is 6. The van der Waals surface area contributed by atoms with Crippen LogP contribution in [0.3, 0.4) is 0 Å². The molecule has 2 aliphatic rings. The molecule has 0 aromatic carbocycles. The molecule has 12 heteroatoms. The predicted octanol–water partition coefficient (Wildman–Crippen LogP) is 2.55. The number of thioether (sulfide) groups is 1. The first-order chi connectivity index (χ1) is 18.3. The van der Waals surface area contributed by atoms with Crippen LogP contribution >= 0.6 is 11.8 Å². The summed E-state index contributed by atoms with van der Waals surface area (Å²) in [6.45, 7) is 4.32. The number of carbonyl (C=O) groups is 3. The maximum atomic E-state index is 13.3. The van der Waals surface area contributed by atoms with E-state index in [0.29, 0.717) is 56.0 Å². The number of hydrogen-bond donors (Lipinski definition) is 1. The third kappa shape index (κ3) is 6.23. The highest BCUT2D eigenvalue weighted by Gasteiger charge is 2.28. The minimum Gasteiger partial charge on any atom is -0.488 e. The number of aromatic nitrogens is 2. The van der Waals surface area contributed by atoms with Crippen LogP contribution in [0.25, 0.3) is 0 Å². The van der Waals surface area contributed by atoms with Gasteiger partial charge in [-0.2, -0.15) is 17.0 Å². The second kappa shape index (κ2) is 12.2. The number of pyridine rings is 2. The summed E-state index contributed by atoms with van der Waals surface area (Å²) in [5.74, 6) is 1.77. The van der Waals surface area contributed by atoms with Crippen molar-refractivity contribution < 1.29 is 19.1 Å². The minimum atomic E-state index is -0.447. The predicted molar refractivity (Wildman–Crippen MR) is 145 cm³/mol. The van der Waals surface area contributed by atoms with Gasteiger partial charge in [-0.05, 0) is 44.7 Å². The third-order valence-corrected chi connectivity index (χ3v) is 7.26. The van der Waals surface area contributed by atoms with E-state index in [-0.39, 0.29) is 29.1 Å². The standard InChI is InChI=1S/C26H31N7O4S/c1-17(16-38-3)37-22-10-23(28-12-20(22)11-27)30-26(36)33-6-4-5-18-9-19(21(15-34)29-25(18)33)13-32-8-7-31(2)14-24(32)35/h9-10,12,15,17H,4-8,13-14,16H2,1-3H3,(H,28,30,36). The first kappa shape index (κ1) is 27.3. The Labute approximate surface area is 226 Å². The van der Waals surface area contributed by atoms with Gasteiger partial charge >= 0.3 is 6.03 Å². The van der Waals surface area contributed by atoms with Crippen molar-refractivity contribution in [1.82, 2.24) is 19.8 Å². The fourth-order valence-corrected chi connectivity index (χ4v) is 5.07. The van der Waals surface area contributed by atoms with E-state index < -0.39 is 6.03 Å². The normalized spacial score (nSPS) is 16.4. The summed E-state index contributed by atoms with van der Waals surface area (Å²) in [4.78, 5) is 51.6. The Bertz CT molecular complexity index is 1260. The van der Waals surface area contributed by atoms with Crippen LogP contribution in [0, 0.1) is 11.3 Å². The lowest BCUT2D eigenvalue weighted by Crippen LogP contribution is -2.48. The maximum absolute atomic E-state index is 13.3. The van der Waals surface area contributed by atoms with Gasteiger partial charge in [0.15, 0.2) is 6.29 Å². The molecule has 3 amide bonds. The van der Waals surface area contributed by atoms with Gasteiger partial charge in [0.2, 0.25) is 5.91 Å². The van der Waals surface area contributed by atoms with Gasteiger partial charge in [-0.1, -0.05) is 0 Å². The van der Waals surface area contributed by atoms with Gasteiger partial charge in [-0.15, -0.1) is 0 Å². The van der Waals surface area contributed by atoms with Crippen molar-refractivity contribution in [1.29, 1.82) is 5.26 Å². The van der Waals surface area contributed by atoms with Crippen molar-refractivity contribution >= 4 is 41.6 Å². The van der Waals surface area contributed by atoms with Crippen LogP contribution in [-0.2, 0) is 17.8 Å². The fourth-order valence-electron chi connectivity index (χ4n) is 4.53. The summed E-state index contributed by atoms with van der Waals surface area (Å²) in [5.41, 5.74) is 2.01. The number of anilines is 2. The molecule has 200 valence electrons. The Morgan fingerprint density at radius 1 is 1.34 bits per heavy atom. The van der Waals surface area contributed by atoms with E-state index in [0.717, 1.165) is 24.3 Å². The third-order valence-electron chi connectivity index (χ3n) is 6.45. The summed E-state index contributed by atoms with van der Waals surface area (Å²) in [6.07, 6.45) is 5.31. The molecule has 2 aliphatic heterocycles. The first-order valence-corrected chi connectivity index (χ1v) is 13.8. The largest absolute Gasteiger partial charge is 0.488 e. The summed E-state index contributed by atoms with van der Waals surface area (Å²) in [5, 5.41) is 12.2. The van der Waals surface area contributed by atoms with E-state index in [2.05, 4.69) is 21.4 Å². The van der Waals surface area contributed by atoms with Crippen LogP contribution in [0.5, 0.6) is 5.75 Å². The number of nitriles is 1. The second-order valence-electron chi connectivity index (χ2n) is 9.43. The van der Waals surface area contributed by atoms with Gasteiger partial charge < -0.3 is 9.64 Å². The lowest BCUT2D eigenvalue weighted by atomic mass is 10.0. The highest BCUT2D eigenvalue weighted by atomic mass is 32.2. The van der Waals surface area contributed by atoms with E-state index in [1.165, 1.54) is 11.1 Å². The van der Waals surface area contributed by atoms with E-state index >= 15 is 0 Å². The number of piperazine rings is 1. The Morgan fingerprint density at radius 3 is 2.87 bits per heavy atom. The van der Waals surface area contributed by atoms with E-state index in [9.17, 15) is 19.6 Å². The number of nitrogens with one attached hydrogen (secondary N) is 1. The van der Waals surface area contributed by atoms with Gasteiger partial charge in [0.1, 0.15) is 40.8 Å². The number of likely N-dealkylation sites (N-methyl/N-ethyl adjacent to an activating group) is 1. The minimum absolute atomic E-state index is 0.00966. The first-order valence-electron chi connectivity index (χ1n) is 12.4. The summed E-state index contributed by atoms with van der Waals surface area (Å²) >= 11 is 1.63. The zero-order valence-corrected chi connectivity index (χ0v) is 22.6. The Balaban J connectivity index is 1.54. The van der Waals surface area contributed by atoms with Gasteiger partial charge in [0, 0.05) is 43.6 Å². The van der Waals surface area contributed by atoms with Crippen molar-refractivity contribution in [3.63, 3.8) is 0 Å². The molecule has 1 atom stereocenters. The van der Waals surface area contributed by atoms with Crippen molar-refractivity contribution in [3.05, 3.63) is 40.7 Å². The molecule has 1 unspecified atom stereocenters. The molecule has 2 aromatic heterocycles. The number of aldehydes is 1. The van der Waals surface area contributed by atoms with E-state index in [1.54, 1.807) is 22.7 Å². The van der Waals surface area contributed by atoms with Gasteiger partial charge in [-0.25, -0.2) is 14.8 Å². The molecule has 0 spiro atoms. The number of fused-ring (bicyclic) bond motifs is 1. The van der Waals surface area contributed by atoms with Crippen molar-refractivity contribution in [2.45, 2.75) is 32.4 Å². The van der Waals surface area contributed by atoms with Gasteiger partial charge in [0.25, 0.3) is 0 Å². The average Bonchev–Trinajstić information content (AvgIpc) is 2.89. The molecular weight excluding hydrogens is 506 g/mol. The molecular formula is C26H31N7O4S. The lowest BCUT2D eigenvalue weighted by molar-refractivity contribution is -0.136. The Kier molecular flexibility index (Phi) is 8.81. The SMILES string of the molecule is CSCC(C)Oc1cc(NC(=O)N2CCCc3cc(CN4CCN(C)CC4=O)c(C=O)nc32)ncc1C#N. The number of aryl methyl sites for hydroxylation is 1. The molecule has 38 heavy (non-hydrogen) atoms. The molecule has 0 radical (unpaired) electrons. The number of carbonyl (C=O) groups excluding carboxylic acids is 3. The van der Waals surface area contributed by atoms with Crippen LogP contribution in [0.2, 0.25) is 0 Å². The quantitative estimate of drug-likeness (QED) is 0.505. The molecule has 1 fully saturated rings. The summed E-state index contributed by atoms with van der Waals surface area (Å²) < 4.78 is 5.89. The molecule has 0 aliphatic carbocycles. The zero-order valence-electron chi connectivity index (χ0n) is 21.8. The number of hydrogen-bond acceptors (Lipinski definition) is 9. The lowest BCUT2D eigenvalue weighted by Gasteiger charge is -2.33. The number of ether oxygens (including phenoxy) is 1. The number of urea groups is 1. The summed E-state index contributed by atoms with van der Waals surface area (Å²) in [7, 11) is 1.90. The zero-order chi connectivity index (χ0) is 27.2. The smallest absolute Gasteiger partial charge is 0.328 e. The maximum Gasteiger partial charge on any atom is 0.328 e. The van der Waals surface area contributed by atoms with Crippen molar-refractivity contribution in [3.8, 4) is 11.8 Å². The molecule has 0 saturated carbocycles. The van der Waals surface area contributed by atoms with Gasteiger partial charge in [0.05, 0.1) is 12.7 Å². The molecule has 0 bridgehead atoms. The monoisotopic (exact) mass is 537 g/mol. The number of rotatable bonds is 8. The van der Waals surface area contributed by atoms with Crippen LogP contribution in [0.4, 0.5) is 16.4 Å².